The van der Waals surface area contributed by atoms with E-state index in [0.29, 0.717) is 4.47 Å². The van der Waals surface area contributed by atoms with Crippen molar-refractivity contribution in [3.63, 3.8) is 0 Å². The van der Waals surface area contributed by atoms with Crippen LogP contribution >= 0.6 is 27.5 Å². The zero-order valence-corrected chi connectivity index (χ0v) is 9.83. The third-order valence-corrected chi connectivity index (χ3v) is 3.71. The maximum absolute atomic E-state index is 13.3. The Hall–Kier alpha value is -0.120. The van der Waals surface area contributed by atoms with Gasteiger partial charge in [-0.1, -0.05) is 11.6 Å². The van der Waals surface area contributed by atoms with E-state index in [9.17, 15) is 4.39 Å². The highest BCUT2D eigenvalue weighted by molar-refractivity contribution is 9.10. The van der Waals surface area contributed by atoms with E-state index in [1.807, 2.05) is 6.07 Å². The Labute approximate surface area is 95.8 Å². The van der Waals surface area contributed by atoms with Crippen molar-refractivity contribution in [3.8, 4) is 0 Å². The number of halogens is 3. The molecule has 0 radical (unpaired) electrons. The molecular weight excluding hydrogens is 268 g/mol. The highest BCUT2D eigenvalue weighted by Crippen LogP contribution is 2.31. The first-order valence-corrected chi connectivity index (χ1v) is 5.73. The topological polar surface area (TPSA) is 12.0 Å². The van der Waals surface area contributed by atoms with Crippen molar-refractivity contribution in [3.05, 3.63) is 33.0 Å². The molecular formula is C10H10BrClFN. The molecule has 0 aromatic heterocycles. The van der Waals surface area contributed by atoms with Crippen LogP contribution in [0.3, 0.4) is 0 Å². The standard InChI is InChI=1S/C10H10BrClFN/c11-7-4-6(5-8(13)10(7)12)9-2-1-3-14-9/h4-5,9,14H,1-3H2. The lowest BCUT2D eigenvalue weighted by Crippen LogP contribution is -2.13. The van der Waals surface area contributed by atoms with Gasteiger partial charge in [-0.3, -0.25) is 0 Å². The van der Waals surface area contributed by atoms with E-state index in [2.05, 4.69) is 21.2 Å². The highest BCUT2D eigenvalue weighted by Gasteiger charge is 2.18. The number of nitrogens with one attached hydrogen (secondary N) is 1. The first kappa shape index (κ1) is 10.4. The fourth-order valence-electron chi connectivity index (χ4n) is 1.75. The number of rotatable bonds is 1. The van der Waals surface area contributed by atoms with E-state index in [1.54, 1.807) is 0 Å². The molecule has 1 aliphatic rings. The molecule has 1 aliphatic heterocycles. The van der Waals surface area contributed by atoms with E-state index in [-0.39, 0.29) is 16.9 Å². The molecule has 4 heteroatoms. The van der Waals surface area contributed by atoms with E-state index >= 15 is 0 Å². The van der Waals surface area contributed by atoms with Gasteiger partial charge in [-0.25, -0.2) is 4.39 Å². The van der Waals surface area contributed by atoms with Crippen molar-refractivity contribution in [2.75, 3.05) is 6.54 Å². The van der Waals surface area contributed by atoms with Gasteiger partial charge in [0.1, 0.15) is 5.82 Å². The summed E-state index contributed by atoms with van der Waals surface area (Å²) in [4.78, 5) is 0. The molecule has 1 aromatic rings. The fraction of sp³-hybridized carbons (Fsp3) is 0.400. The average Bonchev–Trinajstić information content (AvgIpc) is 2.66. The minimum absolute atomic E-state index is 0.159. The van der Waals surface area contributed by atoms with Gasteiger partial charge < -0.3 is 5.32 Å². The van der Waals surface area contributed by atoms with Crippen molar-refractivity contribution < 1.29 is 4.39 Å². The van der Waals surface area contributed by atoms with Crippen molar-refractivity contribution >= 4 is 27.5 Å². The van der Waals surface area contributed by atoms with E-state index < -0.39 is 0 Å². The Balaban J connectivity index is 2.34. The third kappa shape index (κ3) is 1.95. The molecule has 2 rings (SSSR count). The van der Waals surface area contributed by atoms with Crippen LogP contribution in [0.25, 0.3) is 0 Å². The maximum atomic E-state index is 13.3. The Morgan fingerprint density at radius 1 is 1.50 bits per heavy atom. The van der Waals surface area contributed by atoms with E-state index in [0.717, 1.165) is 24.9 Å². The van der Waals surface area contributed by atoms with Crippen LogP contribution in [0.15, 0.2) is 16.6 Å². The molecule has 1 saturated heterocycles. The molecule has 1 heterocycles. The van der Waals surface area contributed by atoms with Gasteiger partial charge in [-0.05, 0) is 53.0 Å². The number of benzene rings is 1. The summed E-state index contributed by atoms with van der Waals surface area (Å²) in [5.74, 6) is -0.357. The second-order valence-corrected chi connectivity index (χ2v) is 4.68. The molecule has 0 saturated carbocycles. The molecule has 76 valence electrons. The quantitative estimate of drug-likeness (QED) is 0.773. The summed E-state index contributed by atoms with van der Waals surface area (Å²) in [5.41, 5.74) is 0.969. The zero-order valence-electron chi connectivity index (χ0n) is 7.49. The molecule has 1 unspecified atom stereocenters. The van der Waals surface area contributed by atoms with Crippen molar-refractivity contribution in [2.24, 2.45) is 0 Å². The first-order valence-electron chi connectivity index (χ1n) is 4.56. The number of hydrogen-bond acceptors (Lipinski definition) is 1. The average molecular weight is 279 g/mol. The Bertz CT molecular complexity index is 327. The Morgan fingerprint density at radius 3 is 2.86 bits per heavy atom. The van der Waals surface area contributed by atoms with Gasteiger partial charge in [0.2, 0.25) is 0 Å². The lowest BCUT2D eigenvalue weighted by molar-refractivity contribution is 0.606. The summed E-state index contributed by atoms with van der Waals surface area (Å²) in [7, 11) is 0. The van der Waals surface area contributed by atoms with Gasteiger partial charge in [-0.15, -0.1) is 0 Å². The van der Waals surface area contributed by atoms with Crippen molar-refractivity contribution in [2.45, 2.75) is 18.9 Å². The Morgan fingerprint density at radius 2 is 2.29 bits per heavy atom. The summed E-state index contributed by atoms with van der Waals surface area (Å²) in [6.45, 7) is 1.01. The lowest BCUT2D eigenvalue weighted by Gasteiger charge is -2.11. The summed E-state index contributed by atoms with van der Waals surface area (Å²) in [5, 5.41) is 3.48. The second-order valence-electron chi connectivity index (χ2n) is 3.45. The second kappa shape index (κ2) is 4.17. The van der Waals surface area contributed by atoms with Crippen LogP contribution in [0.1, 0.15) is 24.4 Å². The van der Waals surface area contributed by atoms with Crippen LogP contribution in [0.2, 0.25) is 5.02 Å². The summed E-state index contributed by atoms with van der Waals surface area (Å²) in [6, 6.07) is 3.67. The van der Waals surface area contributed by atoms with Gasteiger partial charge in [0.05, 0.1) is 5.02 Å². The normalized spacial score (nSPS) is 21.5. The van der Waals surface area contributed by atoms with Crippen LogP contribution in [0, 0.1) is 5.82 Å². The highest BCUT2D eigenvalue weighted by atomic mass is 79.9. The third-order valence-electron chi connectivity index (χ3n) is 2.47. The van der Waals surface area contributed by atoms with Gasteiger partial charge in [-0.2, -0.15) is 0 Å². The smallest absolute Gasteiger partial charge is 0.143 e. The van der Waals surface area contributed by atoms with E-state index in [4.69, 9.17) is 11.6 Å². The Kier molecular flexibility index (Phi) is 3.10. The molecule has 1 aromatic carbocycles. The van der Waals surface area contributed by atoms with Crippen LogP contribution < -0.4 is 5.32 Å². The molecule has 0 spiro atoms. The van der Waals surface area contributed by atoms with Crippen LogP contribution in [0.5, 0.6) is 0 Å². The lowest BCUT2D eigenvalue weighted by atomic mass is 10.1. The molecule has 1 nitrogen and oxygen atoms in total. The molecule has 14 heavy (non-hydrogen) atoms. The van der Waals surface area contributed by atoms with Gasteiger partial charge in [0.25, 0.3) is 0 Å². The van der Waals surface area contributed by atoms with Crippen LogP contribution in [-0.2, 0) is 0 Å². The molecule has 0 aliphatic carbocycles. The largest absolute Gasteiger partial charge is 0.310 e. The van der Waals surface area contributed by atoms with Crippen LogP contribution in [-0.4, -0.2) is 6.54 Å². The van der Waals surface area contributed by atoms with E-state index in [1.165, 1.54) is 6.07 Å². The minimum Gasteiger partial charge on any atom is -0.310 e. The van der Waals surface area contributed by atoms with Gasteiger partial charge in [0.15, 0.2) is 0 Å². The molecule has 1 atom stereocenters. The van der Waals surface area contributed by atoms with Crippen molar-refractivity contribution in [1.82, 2.24) is 5.32 Å². The fourth-order valence-corrected chi connectivity index (χ4v) is 2.31. The predicted molar refractivity (Wildman–Crippen MR) is 59.1 cm³/mol. The van der Waals surface area contributed by atoms with Crippen LogP contribution in [0.4, 0.5) is 4.39 Å². The SMILES string of the molecule is Fc1cc(C2CCCN2)cc(Br)c1Cl. The first-order chi connectivity index (χ1) is 6.68. The van der Waals surface area contributed by atoms with Gasteiger partial charge in [0, 0.05) is 10.5 Å². The minimum atomic E-state index is -0.357. The maximum Gasteiger partial charge on any atom is 0.143 e. The molecule has 0 bridgehead atoms. The zero-order chi connectivity index (χ0) is 10.1. The molecule has 0 amide bonds. The number of hydrogen-bond donors (Lipinski definition) is 1. The molecule has 1 fully saturated rings. The van der Waals surface area contributed by atoms with Crippen molar-refractivity contribution in [1.29, 1.82) is 0 Å². The summed E-state index contributed by atoms with van der Waals surface area (Å²) >= 11 is 8.96. The monoisotopic (exact) mass is 277 g/mol. The van der Waals surface area contributed by atoms with Gasteiger partial charge >= 0.3 is 0 Å². The summed E-state index contributed by atoms with van der Waals surface area (Å²) in [6.07, 6.45) is 2.21. The predicted octanol–water partition coefficient (Wildman–Crippen LogP) is 3.67. The summed E-state index contributed by atoms with van der Waals surface area (Å²) < 4.78 is 13.9. The molecule has 1 N–H and O–H groups in total.